The highest BCUT2D eigenvalue weighted by Crippen LogP contribution is 2.56. The molecule has 0 saturated heterocycles. The third-order valence-electron chi connectivity index (χ3n) is 28.4. The number of aryl methyl sites for hydroxylation is 3. The van der Waals surface area contributed by atoms with Crippen LogP contribution in [0.4, 0.5) is 0 Å². The Hall–Kier alpha value is -17.0. The van der Waals surface area contributed by atoms with Gasteiger partial charge < -0.3 is 14.2 Å². The zero-order valence-corrected chi connectivity index (χ0v) is 75.2. The molecular weight excluding hydrogens is 1650 g/mol. The average molecular weight is 1730 g/mol. The smallest absolute Gasteiger partial charge is 0.153 e. The van der Waals surface area contributed by atoms with E-state index in [1.54, 1.807) is 0 Å². The van der Waals surface area contributed by atoms with Crippen LogP contribution in [0.25, 0.3) is 215 Å². The number of para-hydroxylation sites is 3. The summed E-state index contributed by atoms with van der Waals surface area (Å²) in [5.41, 5.74) is 34.0. The zero-order chi connectivity index (χ0) is 89.8. The lowest BCUT2D eigenvalue weighted by Gasteiger charge is -2.24. The molecule has 9 nitrogen and oxygen atoms in total. The van der Waals surface area contributed by atoms with Crippen LogP contribution in [0.5, 0.6) is 34.5 Å². The molecule has 0 bridgehead atoms. The third-order valence-corrected chi connectivity index (χ3v) is 28.4. The number of fused-ring (bicyclic) bond motifs is 15. The van der Waals surface area contributed by atoms with Crippen molar-refractivity contribution in [1.29, 1.82) is 0 Å². The van der Waals surface area contributed by atoms with E-state index in [2.05, 4.69) is 418 Å². The molecule has 0 saturated carbocycles. The van der Waals surface area contributed by atoms with E-state index in [0.717, 1.165) is 138 Å². The molecule has 0 fully saturated rings. The zero-order valence-electron chi connectivity index (χ0n) is 75.2. The standard InChI is InChI=1S/C44H32N2O.2C41H28N2O/c1-4-40-45-36-18-11-19-38-43(36)46(40)37-23-21-27(25-39(37)47-38)42-32-15-7-5-13-30(32)41(31-14-6-8-16-33(31)42)26-20-22-29-28-12-9-10-17-34(28)44(2,3)35(29)24-26;1-2-38-42-34-20-11-21-36-41(34)43(38)35-23-22-29(25-37(35)44-36)40-32-18-8-6-16-30(32)39(31-17-7-9-19-33(31)40)28-15-10-14-27(24-28)26-12-4-3-5-13-26;1-2-38-42-34-17-10-18-36-41(34)43(38)35-24-23-29(25-37(35)44-36)40-32-15-8-6-13-30(32)39(31-14-7-9-16-33(31)40)28-21-19-27(20-22-28)26-11-4-3-5-12-26/h5-25H,4H2,1-3H3;2*3-25H,2H2,1H3. The van der Waals surface area contributed by atoms with Crippen LogP contribution in [0.2, 0.25) is 0 Å². The predicted molar refractivity (Wildman–Crippen MR) is 558 cm³/mol. The van der Waals surface area contributed by atoms with Crippen LogP contribution >= 0.6 is 0 Å². The summed E-state index contributed by atoms with van der Waals surface area (Å²) in [6, 6.07) is 146. The molecule has 1 aliphatic carbocycles. The molecule has 0 N–H and O–H groups in total. The molecule has 640 valence electrons. The highest BCUT2D eigenvalue weighted by atomic mass is 16.5. The first-order valence-electron chi connectivity index (χ1n) is 47.0. The van der Waals surface area contributed by atoms with Crippen molar-refractivity contribution in [3.8, 4) is 152 Å². The van der Waals surface area contributed by atoms with Crippen LogP contribution in [-0.2, 0) is 24.7 Å². The van der Waals surface area contributed by atoms with Gasteiger partial charge in [0, 0.05) is 24.7 Å². The van der Waals surface area contributed by atoms with Crippen molar-refractivity contribution in [2.45, 2.75) is 59.3 Å². The third kappa shape index (κ3) is 12.5. The number of hydrogen-bond acceptors (Lipinski definition) is 6. The first-order valence-corrected chi connectivity index (χ1v) is 47.0. The van der Waals surface area contributed by atoms with E-state index < -0.39 is 0 Å². The van der Waals surface area contributed by atoms with Gasteiger partial charge in [-0.3, -0.25) is 13.7 Å². The summed E-state index contributed by atoms with van der Waals surface area (Å²) < 4.78 is 26.6. The van der Waals surface area contributed by atoms with E-state index in [1.807, 2.05) is 36.4 Å². The van der Waals surface area contributed by atoms with Crippen LogP contribution in [0.15, 0.2) is 406 Å². The van der Waals surface area contributed by atoms with Crippen LogP contribution in [0, 0.1) is 0 Å². The van der Waals surface area contributed by atoms with Gasteiger partial charge in [0.25, 0.3) is 0 Å². The van der Waals surface area contributed by atoms with Crippen LogP contribution < -0.4 is 14.2 Å². The average Bonchev–Trinajstić information content (AvgIpc) is 1.63. The molecule has 4 aliphatic rings. The van der Waals surface area contributed by atoms with Gasteiger partial charge in [-0.15, -0.1) is 0 Å². The maximum absolute atomic E-state index is 6.61. The largest absolute Gasteiger partial charge is 0.453 e. The molecule has 135 heavy (non-hydrogen) atoms. The summed E-state index contributed by atoms with van der Waals surface area (Å²) in [5.74, 6) is 8.24. The highest BCUT2D eigenvalue weighted by Gasteiger charge is 2.37. The maximum atomic E-state index is 6.61. The summed E-state index contributed by atoms with van der Waals surface area (Å²) in [6.07, 6.45) is 2.54. The van der Waals surface area contributed by atoms with Crippen LogP contribution in [0.1, 0.15) is 63.2 Å². The molecule has 0 atom stereocenters. The Balaban J connectivity index is 0.000000105. The minimum atomic E-state index is -0.0618. The summed E-state index contributed by atoms with van der Waals surface area (Å²) in [7, 11) is 0. The Morgan fingerprint density at radius 3 is 0.830 bits per heavy atom. The molecule has 0 unspecified atom stereocenters. The lowest BCUT2D eigenvalue weighted by atomic mass is 9.80. The van der Waals surface area contributed by atoms with Crippen molar-refractivity contribution in [3.05, 3.63) is 435 Å². The second-order valence-corrected chi connectivity index (χ2v) is 36.2. The lowest BCUT2D eigenvalue weighted by molar-refractivity contribution is 0.474. The Labute approximate surface area is 781 Å². The molecule has 6 heterocycles. The molecular formula is C126H88N6O3. The molecule has 0 amide bonds. The Kier molecular flexibility index (Phi) is 18.4. The van der Waals surface area contributed by atoms with E-state index in [0.29, 0.717) is 0 Å². The van der Waals surface area contributed by atoms with Gasteiger partial charge >= 0.3 is 0 Å². The normalized spacial score (nSPS) is 12.7. The van der Waals surface area contributed by atoms with Crippen LogP contribution in [0.3, 0.4) is 0 Å². The summed E-state index contributed by atoms with van der Waals surface area (Å²) in [5, 5.41) is 14.8. The van der Waals surface area contributed by atoms with Gasteiger partial charge in [-0.1, -0.05) is 356 Å². The molecule has 24 aromatic rings. The SMILES string of the molecule is CCc1nc2cccc3c2n1-c1ccc(-c2c4ccccc4c(-c4ccc(-c5ccccc5)cc4)c4ccccc24)cc1O3.CCc1nc2cccc3c2n1-c1ccc(-c2c4ccccc4c(-c4ccc5c(c4)C(C)(C)c4ccccc4-5)c4ccccc24)cc1O3.CCc1nc2cccc3c2n1-c1ccc(-c2c4ccccc4c(-c4cccc(-c5ccccc5)c4)c4ccccc24)cc1O3. The number of aromatic nitrogens is 6. The van der Waals surface area contributed by atoms with E-state index in [1.165, 1.54) is 159 Å². The lowest BCUT2D eigenvalue weighted by Crippen LogP contribution is -2.14. The minimum absolute atomic E-state index is 0.0618. The van der Waals surface area contributed by atoms with Crippen molar-refractivity contribution in [2.75, 3.05) is 0 Å². The second-order valence-electron chi connectivity index (χ2n) is 36.2. The number of nitrogens with zero attached hydrogens (tertiary/aromatic N) is 6. The number of hydrogen-bond donors (Lipinski definition) is 0. The number of benzene rings is 21. The maximum Gasteiger partial charge on any atom is 0.153 e. The van der Waals surface area contributed by atoms with Gasteiger partial charge in [-0.05, 0) is 261 Å². The monoisotopic (exact) mass is 1730 g/mol. The van der Waals surface area contributed by atoms with Gasteiger partial charge in [0.05, 0.1) is 33.6 Å². The van der Waals surface area contributed by atoms with Crippen molar-refractivity contribution >= 4 is 97.7 Å². The molecule has 28 rings (SSSR count). The van der Waals surface area contributed by atoms with E-state index >= 15 is 0 Å². The Morgan fingerprint density at radius 1 is 0.207 bits per heavy atom. The van der Waals surface area contributed by atoms with E-state index in [4.69, 9.17) is 29.2 Å². The number of imidazole rings is 3. The highest BCUT2D eigenvalue weighted by molar-refractivity contribution is 6.25. The van der Waals surface area contributed by atoms with Crippen molar-refractivity contribution in [1.82, 2.24) is 28.7 Å². The molecule has 21 aromatic carbocycles. The topological polar surface area (TPSA) is 81.1 Å². The molecule has 3 aliphatic heterocycles. The van der Waals surface area contributed by atoms with Crippen molar-refractivity contribution in [2.24, 2.45) is 0 Å². The quantitative estimate of drug-likeness (QED) is 0.120. The number of rotatable bonds is 11. The summed E-state index contributed by atoms with van der Waals surface area (Å²) in [4.78, 5) is 14.7. The molecule has 0 radical (unpaired) electrons. The van der Waals surface area contributed by atoms with Crippen molar-refractivity contribution < 1.29 is 14.2 Å². The second kappa shape index (κ2) is 31.4. The fraction of sp³-hybridized carbons (Fsp3) is 0.0714. The first kappa shape index (κ1) is 79.0. The number of ether oxygens (including phenoxy) is 3. The summed E-state index contributed by atoms with van der Waals surface area (Å²) >= 11 is 0. The summed E-state index contributed by atoms with van der Waals surface area (Å²) in [6.45, 7) is 11.2. The first-order chi connectivity index (χ1) is 66.6. The Bertz CT molecular complexity index is 8900. The van der Waals surface area contributed by atoms with Gasteiger partial charge in [0.15, 0.2) is 34.5 Å². The van der Waals surface area contributed by atoms with Gasteiger partial charge in [0.2, 0.25) is 0 Å². The van der Waals surface area contributed by atoms with Gasteiger partial charge in [-0.25, -0.2) is 15.0 Å². The molecule has 3 aromatic heterocycles. The van der Waals surface area contributed by atoms with E-state index in [-0.39, 0.29) is 5.41 Å². The van der Waals surface area contributed by atoms with Crippen molar-refractivity contribution in [3.63, 3.8) is 0 Å². The van der Waals surface area contributed by atoms with E-state index in [9.17, 15) is 0 Å². The molecule has 9 heteroatoms. The minimum Gasteiger partial charge on any atom is -0.453 e. The Morgan fingerprint density at radius 2 is 0.467 bits per heavy atom. The fourth-order valence-corrected chi connectivity index (χ4v) is 22.4. The van der Waals surface area contributed by atoms with Gasteiger partial charge in [0.1, 0.15) is 34.0 Å². The van der Waals surface area contributed by atoms with Crippen LogP contribution in [-0.4, -0.2) is 28.7 Å². The van der Waals surface area contributed by atoms with Gasteiger partial charge in [-0.2, -0.15) is 0 Å². The fourth-order valence-electron chi connectivity index (χ4n) is 22.4. The predicted octanol–water partition coefficient (Wildman–Crippen LogP) is 33.6. The molecule has 0 spiro atoms.